The van der Waals surface area contributed by atoms with Gasteiger partial charge in [0.15, 0.2) is 5.82 Å². The molecule has 1 amide bonds. The van der Waals surface area contributed by atoms with E-state index in [1.54, 1.807) is 20.4 Å². The van der Waals surface area contributed by atoms with Crippen molar-refractivity contribution in [3.8, 4) is 23.0 Å². The molecule has 2 heterocycles. The first kappa shape index (κ1) is 22.9. The zero-order valence-electron chi connectivity index (χ0n) is 20.2. The highest BCUT2D eigenvalue weighted by Gasteiger charge is 2.23. The molecule has 0 saturated heterocycles. The number of fused-ring (bicyclic) bond motifs is 1. The number of rotatable bonds is 7. The van der Waals surface area contributed by atoms with Crippen LogP contribution in [0.5, 0.6) is 11.5 Å². The molecule has 35 heavy (non-hydrogen) atoms. The van der Waals surface area contributed by atoms with Gasteiger partial charge in [0, 0.05) is 36.0 Å². The Morgan fingerprint density at radius 1 is 1.03 bits per heavy atom. The van der Waals surface area contributed by atoms with Crippen LogP contribution in [0.1, 0.15) is 54.1 Å². The number of nitrogens with zero attached hydrogens (tertiary/aromatic N) is 3. The molecule has 1 aliphatic carbocycles. The fourth-order valence-corrected chi connectivity index (χ4v) is 4.90. The van der Waals surface area contributed by atoms with Crippen molar-refractivity contribution >= 4 is 16.9 Å². The number of carbonyl (C=O) groups excluding carboxylic acids is 1. The standard InChI is InChI=1S/C28H30N4O3/c1-34-22-13-11-20(26(17-22)35-2)18-30-28(33)19-12-14-25-24(16-19)31-27(23-10-6-7-15-29-23)32(25)21-8-4-3-5-9-21/h6-7,10-17,21H,3-5,8-9,18H2,1-2H3,(H,30,33). The number of nitrogens with one attached hydrogen (secondary N) is 1. The Morgan fingerprint density at radius 3 is 2.63 bits per heavy atom. The highest BCUT2D eigenvalue weighted by molar-refractivity contribution is 5.97. The number of aromatic nitrogens is 3. The van der Waals surface area contributed by atoms with Gasteiger partial charge < -0.3 is 19.4 Å². The lowest BCUT2D eigenvalue weighted by Gasteiger charge is -2.25. The Hall–Kier alpha value is -3.87. The molecule has 0 atom stereocenters. The van der Waals surface area contributed by atoms with E-state index in [-0.39, 0.29) is 5.91 Å². The van der Waals surface area contributed by atoms with Crippen molar-refractivity contribution in [2.45, 2.75) is 44.7 Å². The van der Waals surface area contributed by atoms with Crippen LogP contribution < -0.4 is 14.8 Å². The number of hydrogen-bond donors (Lipinski definition) is 1. The molecule has 2 aromatic carbocycles. The van der Waals surface area contributed by atoms with Gasteiger partial charge in [0.2, 0.25) is 0 Å². The average Bonchev–Trinajstić information content (AvgIpc) is 3.31. The maximum atomic E-state index is 13.0. The summed E-state index contributed by atoms with van der Waals surface area (Å²) in [6.45, 7) is 0.347. The van der Waals surface area contributed by atoms with E-state index in [1.807, 2.05) is 54.6 Å². The lowest BCUT2D eigenvalue weighted by molar-refractivity contribution is 0.0951. The van der Waals surface area contributed by atoms with Gasteiger partial charge in [-0.05, 0) is 55.3 Å². The molecule has 0 bridgehead atoms. The highest BCUT2D eigenvalue weighted by Crippen LogP contribution is 2.35. The number of benzene rings is 2. The maximum absolute atomic E-state index is 13.0. The maximum Gasteiger partial charge on any atom is 0.251 e. The number of imidazole rings is 1. The number of hydrogen-bond acceptors (Lipinski definition) is 5. The third kappa shape index (κ3) is 4.71. The van der Waals surface area contributed by atoms with E-state index in [1.165, 1.54) is 19.3 Å². The van der Waals surface area contributed by atoms with E-state index in [0.29, 0.717) is 29.6 Å². The first-order valence-corrected chi connectivity index (χ1v) is 12.1. The molecular formula is C28H30N4O3. The van der Waals surface area contributed by atoms with Crippen LogP contribution >= 0.6 is 0 Å². The molecule has 0 radical (unpaired) electrons. The molecule has 4 aromatic rings. The predicted molar refractivity (Wildman–Crippen MR) is 136 cm³/mol. The second-order valence-corrected chi connectivity index (χ2v) is 8.88. The van der Waals surface area contributed by atoms with Gasteiger partial charge in [-0.3, -0.25) is 9.78 Å². The molecule has 5 rings (SSSR count). The van der Waals surface area contributed by atoms with Gasteiger partial charge in [0.05, 0.1) is 25.3 Å². The van der Waals surface area contributed by atoms with Crippen LogP contribution in [0.3, 0.4) is 0 Å². The van der Waals surface area contributed by atoms with Crippen molar-refractivity contribution in [1.82, 2.24) is 19.9 Å². The van der Waals surface area contributed by atoms with Crippen LogP contribution in [0.25, 0.3) is 22.6 Å². The molecule has 0 spiro atoms. The third-order valence-corrected chi connectivity index (χ3v) is 6.72. The van der Waals surface area contributed by atoms with Crippen molar-refractivity contribution < 1.29 is 14.3 Å². The van der Waals surface area contributed by atoms with Crippen LogP contribution in [-0.4, -0.2) is 34.7 Å². The summed E-state index contributed by atoms with van der Waals surface area (Å²) in [5, 5.41) is 3.00. The van der Waals surface area contributed by atoms with Gasteiger partial charge in [-0.25, -0.2) is 4.98 Å². The van der Waals surface area contributed by atoms with E-state index in [9.17, 15) is 4.79 Å². The Kier molecular flexibility index (Phi) is 6.66. The van der Waals surface area contributed by atoms with Gasteiger partial charge in [-0.2, -0.15) is 0 Å². The normalized spacial score (nSPS) is 14.1. The topological polar surface area (TPSA) is 78.3 Å². The minimum Gasteiger partial charge on any atom is -0.497 e. The van der Waals surface area contributed by atoms with Crippen molar-refractivity contribution in [3.63, 3.8) is 0 Å². The van der Waals surface area contributed by atoms with Crippen molar-refractivity contribution in [3.05, 3.63) is 71.9 Å². The molecule has 1 saturated carbocycles. The largest absolute Gasteiger partial charge is 0.497 e. The summed E-state index contributed by atoms with van der Waals surface area (Å²) in [7, 11) is 3.22. The monoisotopic (exact) mass is 470 g/mol. The summed E-state index contributed by atoms with van der Waals surface area (Å²) in [6, 6.07) is 17.6. The molecular weight excluding hydrogens is 440 g/mol. The minimum atomic E-state index is -0.156. The molecule has 7 heteroatoms. The SMILES string of the molecule is COc1ccc(CNC(=O)c2ccc3c(c2)nc(-c2ccccn2)n3C2CCCCC2)c(OC)c1. The van der Waals surface area contributed by atoms with Gasteiger partial charge in [0.25, 0.3) is 5.91 Å². The average molecular weight is 471 g/mol. The third-order valence-electron chi connectivity index (χ3n) is 6.72. The van der Waals surface area contributed by atoms with Crippen LogP contribution in [0.4, 0.5) is 0 Å². The second kappa shape index (κ2) is 10.2. The molecule has 1 aliphatic rings. The van der Waals surface area contributed by atoms with Gasteiger partial charge >= 0.3 is 0 Å². The van der Waals surface area contributed by atoms with E-state index in [0.717, 1.165) is 41.0 Å². The summed E-state index contributed by atoms with van der Waals surface area (Å²) >= 11 is 0. The van der Waals surface area contributed by atoms with Gasteiger partial charge in [-0.15, -0.1) is 0 Å². The van der Waals surface area contributed by atoms with Crippen molar-refractivity contribution in [2.24, 2.45) is 0 Å². The van der Waals surface area contributed by atoms with E-state index >= 15 is 0 Å². The highest BCUT2D eigenvalue weighted by atomic mass is 16.5. The molecule has 0 aliphatic heterocycles. The number of carbonyl (C=O) groups is 1. The van der Waals surface area contributed by atoms with E-state index < -0.39 is 0 Å². The summed E-state index contributed by atoms with van der Waals surface area (Å²) in [5.41, 5.74) is 4.16. The fraction of sp³-hybridized carbons (Fsp3) is 0.321. The first-order valence-electron chi connectivity index (χ1n) is 12.1. The lowest BCUT2D eigenvalue weighted by atomic mass is 9.95. The zero-order valence-corrected chi connectivity index (χ0v) is 20.2. The Morgan fingerprint density at radius 2 is 1.89 bits per heavy atom. The predicted octanol–water partition coefficient (Wildman–Crippen LogP) is 5.55. The summed E-state index contributed by atoms with van der Waals surface area (Å²) in [5.74, 6) is 2.09. The van der Waals surface area contributed by atoms with Crippen LogP contribution in [0.2, 0.25) is 0 Å². The lowest BCUT2D eigenvalue weighted by Crippen LogP contribution is -2.23. The summed E-state index contributed by atoms with van der Waals surface area (Å²) in [4.78, 5) is 22.5. The first-order chi connectivity index (χ1) is 17.2. The minimum absolute atomic E-state index is 0.156. The fourth-order valence-electron chi connectivity index (χ4n) is 4.90. The molecule has 180 valence electrons. The van der Waals surface area contributed by atoms with Crippen LogP contribution in [-0.2, 0) is 6.54 Å². The zero-order chi connectivity index (χ0) is 24.2. The van der Waals surface area contributed by atoms with Gasteiger partial charge in [-0.1, -0.05) is 25.3 Å². The summed E-state index contributed by atoms with van der Waals surface area (Å²) < 4.78 is 13.0. The quantitative estimate of drug-likeness (QED) is 0.383. The Balaban J connectivity index is 1.44. The van der Waals surface area contributed by atoms with E-state index in [2.05, 4.69) is 14.9 Å². The smallest absolute Gasteiger partial charge is 0.251 e. The van der Waals surface area contributed by atoms with Crippen molar-refractivity contribution in [1.29, 1.82) is 0 Å². The second-order valence-electron chi connectivity index (χ2n) is 8.88. The number of amides is 1. The van der Waals surface area contributed by atoms with Crippen LogP contribution in [0.15, 0.2) is 60.8 Å². The number of ether oxygens (including phenoxy) is 2. The Labute approximate surface area is 205 Å². The number of pyridine rings is 1. The Bertz CT molecular complexity index is 1330. The molecule has 7 nitrogen and oxygen atoms in total. The molecule has 1 fully saturated rings. The van der Waals surface area contributed by atoms with Gasteiger partial charge in [0.1, 0.15) is 17.2 Å². The molecule has 1 N–H and O–H groups in total. The molecule has 2 aromatic heterocycles. The van der Waals surface area contributed by atoms with Crippen LogP contribution in [0, 0.1) is 0 Å². The van der Waals surface area contributed by atoms with Crippen molar-refractivity contribution in [2.75, 3.05) is 14.2 Å². The van der Waals surface area contributed by atoms with E-state index in [4.69, 9.17) is 14.5 Å². The number of methoxy groups -OCH3 is 2. The molecule has 0 unspecified atom stereocenters. The summed E-state index contributed by atoms with van der Waals surface area (Å²) in [6.07, 6.45) is 7.80.